The van der Waals surface area contributed by atoms with Crippen LogP contribution in [0, 0.1) is 28.6 Å². The molecule has 0 spiro atoms. The monoisotopic (exact) mass is 165 g/mol. The molecule has 1 aliphatic rings. The molecule has 0 aliphatic heterocycles. The van der Waals surface area contributed by atoms with Crippen LogP contribution in [0.1, 0.15) is 33.6 Å². The van der Waals surface area contributed by atoms with Gasteiger partial charge in [-0.15, -0.1) is 0 Å². The van der Waals surface area contributed by atoms with Crippen LogP contribution in [0.4, 0.5) is 0 Å². The van der Waals surface area contributed by atoms with Crippen LogP contribution in [-0.4, -0.2) is 5.78 Å². The van der Waals surface area contributed by atoms with Crippen LogP contribution in [0.2, 0.25) is 0 Å². The third-order valence-corrected chi connectivity index (χ3v) is 3.11. The van der Waals surface area contributed by atoms with Crippen LogP contribution in [0.15, 0.2) is 0 Å². The molecule has 0 heterocycles. The van der Waals surface area contributed by atoms with Crippen molar-refractivity contribution in [3.63, 3.8) is 0 Å². The molecule has 0 radical (unpaired) electrons. The molecule has 1 fully saturated rings. The Morgan fingerprint density at radius 2 is 2.08 bits per heavy atom. The number of ketones is 1. The van der Waals surface area contributed by atoms with Gasteiger partial charge in [0.1, 0.15) is 5.78 Å². The number of carbonyl (C=O) groups excluding carboxylic acids is 1. The van der Waals surface area contributed by atoms with Gasteiger partial charge in [0.2, 0.25) is 0 Å². The Kier molecular flexibility index (Phi) is 2.23. The van der Waals surface area contributed by atoms with Crippen molar-refractivity contribution in [2.24, 2.45) is 17.3 Å². The Hall–Kier alpha value is -0.840. The van der Waals surface area contributed by atoms with Crippen molar-refractivity contribution in [3.05, 3.63) is 0 Å². The molecule has 1 rings (SSSR count). The van der Waals surface area contributed by atoms with Crippen molar-refractivity contribution >= 4 is 5.78 Å². The van der Waals surface area contributed by atoms with Gasteiger partial charge < -0.3 is 4.79 Å². The van der Waals surface area contributed by atoms with Gasteiger partial charge in [-0.05, 0) is 24.2 Å². The number of Topliss-reactive ketones (excluding diaryl/α,β-unsaturated/α-hetero) is 1. The summed E-state index contributed by atoms with van der Waals surface area (Å²) in [5.41, 5.74) is 0.224. The molecule has 1 saturated carbocycles. The molecular weight excluding hydrogens is 150 g/mol. The summed E-state index contributed by atoms with van der Waals surface area (Å²) in [6, 6.07) is 2.18. The maximum atomic E-state index is 10.8. The fourth-order valence-electron chi connectivity index (χ4n) is 2.08. The van der Waals surface area contributed by atoms with E-state index in [-0.39, 0.29) is 11.2 Å². The van der Waals surface area contributed by atoms with Crippen molar-refractivity contribution in [2.75, 3.05) is 0 Å². The zero-order valence-electron chi connectivity index (χ0n) is 7.92. The quantitative estimate of drug-likeness (QED) is 0.643. The van der Waals surface area contributed by atoms with Crippen LogP contribution in [0.5, 0.6) is 0 Å². The second-order valence-corrected chi connectivity index (χ2v) is 4.30. The lowest BCUT2D eigenvalue weighted by Gasteiger charge is -1.98. The Morgan fingerprint density at radius 1 is 1.50 bits per heavy atom. The highest BCUT2D eigenvalue weighted by Crippen LogP contribution is 2.61. The topological polar surface area (TPSA) is 40.9 Å². The zero-order valence-corrected chi connectivity index (χ0v) is 7.92. The third kappa shape index (κ3) is 1.50. The largest absolute Gasteiger partial charge is 0.300 e. The second kappa shape index (κ2) is 2.90. The Balaban J connectivity index is 2.49. The summed E-state index contributed by atoms with van der Waals surface area (Å²) in [5, 5.41) is 8.53. The molecule has 2 nitrogen and oxygen atoms in total. The molecule has 2 heteroatoms. The van der Waals surface area contributed by atoms with Gasteiger partial charge in [0.25, 0.3) is 0 Å². The molecule has 0 bridgehead atoms. The van der Waals surface area contributed by atoms with Crippen molar-refractivity contribution in [3.8, 4) is 6.07 Å². The van der Waals surface area contributed by atoms with Gasteiger partial charge in [-0.3, -0.25) is 0 Å². The van der Waals surface area contributed by atoms with Gasteiger partial charge in [-0.2, -0.15) is 5.26 Å². The van der Waals surface area contributed by atoms with Gasteiger partial charge in [-0.1, -0.05) is 13.8 Å². The lowest BCUT2D eigenvalue weighted by Crippen LogP contribution is -1.96. The molecule has 0 N–H and O–H groups in total. The second-order valence-electron chi connectivity index (χ2n) is 4.30. The minimum Gasteiger partial charge on any atom is -0.300 e. The normalized spacial score (nSPS) is 30.8. The number of hydrogen-bond donors (Lipinski definition) is 0. The van der Waals surface area contributed by atoms with E-state index in [1.165, 1.54) is 0 Å². The van der Waals surface area contributed by atoms with Crippen molar-refractivity contribution in [1.29, 1.82) is 5.26 Å². The van der Waals surface area contributed by atoms with Crippen LogP contribution in [-0.2, 0) is 4.79 Å². The lowest BCUT2D eigenvalue weighted by atomic mass is 10.1. The Morgan fingerprint density at radius 3 is 2.50 bits per heavy atom. The van der Waals surface area contributed by atoms with Gasteiger partial charge in [-0.25, -0.2) is 0 Å². The minimum atomic E-state index is 0.224. The Labute approximate surface area is 73.6 Å². The van der Waals surface area contributed by atoms with Crippen molar-refractivity contribution < 1.29 is 4.79 Å². The van der Waals surface area contributed by atoms with E-state index in [9.17, 15) is 4.79 Å². The third-order valence-electron chi connectivity index (χ3n) is 3.11. The summed E-state index contributed by atoms with van der Waals surface area (Å²) in [6.07, 6.45) is 1.25. The first-order chi connectivity index (χ1) is 5.50. The highest BCUT2D eigenvalue weighted by Gasteiger charge is 2.56. The van der Waals surface area contributed by atoms with Gasteiger partial charge >= 0.3 is 0 Å². The maximum Gasteiger partial charge on any atom is 0.130 e. The number of rotatable bonds is 3. The molecule has 0 saturated heterocycles. The molecule has 0 unspecified atom stereocenters. The summed E-state index contributed by atoms with van der Waals surface area (Å²) in [4.78, 5) is 10.8. The molecule has 0 aromatic carbocycles. The first kappa shape index (κ1) is 9.25. The standard InChI is InChI=1S/C10H15NO/c1-7(12)6-9-8(4-5-11)10(9,2)3/h8-9H,4,6H2,1-3H3/t8-,9+/m0/s1. The number of nitrogens with zero attached hydrogens (tertiary/aromatic N) is 1. The highest BCUT2D eigenvalue weighted by atomic mass is 16.1. The summed E-state index contributed by atoms with van der Waals surface area (Å²) in [5.74, 6) is 1.15. The number of nitriles is 1. The van der Waals surface area contributed by atoms with E-state index >= 15 is 0 Å². The molecule has 0 aromatic rings. The molecule has 66 valence electrons. The smallest absolute Gasteiger partial charge is 0.130 e. The zero-order chi connectivity index (χ0) is 9.35. The van der Waals surface area contributed by atoms with Crippen molar-refractivity contribution in [2.45, 2.75) is 33.6 Å². The van der Waals surface area contributed by atoms with E-state index in [2.05, 4.69) is 19.9 Å². The fraction of sp³-hybridized carbons (Fsp3) is 0.800. The van der Waals surface area contributed by atoms with Gasteiger partial charge in [0.05, 0.1) is 6.07 Å². The molecule has 0 amide bonds. The highest BCUT2D eigenvalue weighted by molar-refractivity contribution is 5.76. The Bertz CT molecular complexity index is 237. The van der Waals surface area contributed by atoms with Gasteiger partial charge in [0.15, 0.2) is 0 Å². The fourth-order valence-corrected chi connectivity index (χ4v) is 2.08. The molecule has 12 heavy (non-hydrogen) atoms. The maximum absolute atomic E-state index is 10.8. The van der Waals surface area contributed by atoms with E-state index < -0.39 is 0 Å². The molecule has 0 aromatic heterocycles. The molecule has 1 aliphatic carbocycles. The van der Waals surface area contributed by atoms with E-state index in [0.29, 0.717) is 24.7 Å². The van der Waals surface area contributed by atoms with Crippen LogP contribution in [0.3, 0.4) is 0 Å². The SMILES string of the molecule is CC(=O)C[C@@H]1[C@H](CC#N)C1(C)C. The van der Waals surface area contributed by atoms with Crippen LogP contribution in [0.25, 0.3) is 0 Å². The number of carbonyl (C=O) groups is 1. The summed E-state index contributed by atoms with van der Waals surface area (Å²) >= 11 is 0. The van der Waals surface area contributed by atoms with E-state index in [1.807, 2.05) is 0 Å². The average molecular weight is 165 g/mol. The molecule has 2 atom stereocenters. The summed E-state index contributed by atoms with van der Waals surface area (Å²) in [6.45, 7) is 5.91. The van der Waals surface area contributed by atoms with E-state index in [4.69, 9.17) is 5.26 Å². The lowest BCUT2D eigenvalue weighted by molar-refractivity contribution is -0.117. The summed E-state index contributed by atoms with van der Waals surface area (Å²) < 4.78 is 0. The first-order valence-electron chi connectivity index (χ1n) is 4.36. The number of hydrogen-bond acceptors (Lipinski definition) is 2. The summed E-state index contributed by atoms with van der Waals surface area (Å²) in [7, 11) is 0. The average Bonchev–Trinajstić information content (AvgIpc) is 2.39. The predicted octanol–water partition coefficient (Wildman–Crippen LogP) is 2.15. The minimum absolute atomic E-state index is 0.224. The van der Waals surface area contributed by atoms with E-state index in [1.54, 1.807) is 6.92 Å². The van der Waals surface area contributed by atoms with Crippen molar-refractivity contribution in [1.82, 2.24) is 0 Å². The van der Waals surface area contributed by atoms with Gasteiger partial charge in [0, 0.05) is 12.8 Å². The van der Waals surface area contributed by atoms with Crippen LogP contribution < -0.4 is 0 Å². The first-order valence-corrected chi connectivity index (χ1v) is 4.36. The molecular formula is C10H15NO. The predicted molar refractivity (Wildman–Crippen MR) is 46.3 cm³/mol. The van der Waals surface area contributed by atoms with E-state index in [0.717, 1.165) is 0 Å². The van der Waals surface area contributed by atoms with Crippen LogP contribution >= 0.6 is 0 Å².